The number of pyridine rings is 1. The van der Waals surface area contributed by atoms with Crippen LogP contribution in [0.3, 0.4) is 0 Å². The predicted octanol–water partition coefficient (Wildman–Crippen LogP) is 1.81. The molecule has 1 aliphatic rings. The summed E-state index contributed by atoms with van der Waals surface area (Å²) >= 11 is 0. The molecular weight excluding hydrogens is 228 g/mol. The van der Waals surface area contributed by atoms with Gasteiger partial charge in [-0.05, 0) is 29.8 Å². The van der Waals surface area contributed by atoms with E-state index in [-0.39, 0.29) is 0 Å². The second-order valence-corrected chi connectivity index (χ2v) is 4.16. The maximum atomic E-state index is 11.6. The van der Waals surface area contributed by atoms with Crippen molar-refractivity contribution in [3.8, 4) is 0 Å². The Morgan fingerprint density at radius 2 is 2.00 bits per heavy atom. The topological polar surface area (TPSA) is 59.1 Å². The van der Waals surface area contributed by atoms with Crippen LogP contribution in [0.15, 0.2) is 42.6 Å². The van der Waals surface area contributed by atoms with Crippen molar-refractivity contribution in [1.29, 1.82) is 0 Å². The predicted molar refractivity (Wildman–Crippen MR) is 66.4 cm³/mol. The van der Waals surface area contributed by atoms with Gasteiger partial charge in [0.2, 0.25) is 0 Å². The lowest BCUT2D eigenvalue weighted by atomic mass is 10.0. The van der Waals surface area contributed by atoms with E-state index in [4.69, 9.17) is 0 Å². The van der Waals surface area contributed by atoms with Gasteiger partial charge in [0, 0.05) is 18.3 Å². The second-order valence-electron chi connectivity index (χ2n) is 4.16. The molecule has 2 heterocycles. The van der Waals surface area contributed by atoms with Crippen LogP contribution in [0.25, 0.3) is 0 Å². The van der Waals surface area contributed by atoms with E-state index in [2.05, 4.69) is 10.3 Å². The van der Waals surface area contributed by atoms with Crippen molar-refractivity contribution in [3.63, 3.8) is 0 Å². The fourth-order valence-electron chi connectivity index (χ4n) is 2.01. The van der Waals surface area contributed by atoms with Gasteiger partial charge in [-0.1, -0.05) is 12.1 Å². The zero-order valence-electron chi connectivity index (χ0n) is 9.51. The molecule has 0 saturated carbocycles. The van der Waals surface area contributed by atoms with Gasteiger partial charge in [-0.15, -0.1) is 0 Å². The van der Waals surface area contributed by atoms with Crippen molar-refractivity contribution in [2.75, 3.05) is 5.32 Å². The number of Topliss-reactive ketones (excluding diaryl/α,β-unsaturated/α-hetero) is 1. The van der Waals surface area contributed by atoms with Crippen molar-refractivity contribution in [2.24, 2.45) is 0 Å². The van der Waals surface area contributed by atoms with Gasteiger partial charge in [0.1, 0.15) is 0 Å². The fraction of sp³-hybridized carbons (Fsp3) is 0.0714. The average Bonchev–Trinajstić information content (AvgIpc) is 2.67. The van der Waals surface area contributed by atoms with Gasteiger partial charge in [-0.25, -0.2) is 0 Å². The van der Waals surface area contributed by atoms with Gasteiger partial charge >= 0.3 is 0 Å². The molecule has 0 radical (unpaired) electrons. The van der Waals surface area contributed by atoms with Crippen LogP contribution in [0.4, 0.5) is 5.69 Å². The molecule has 0 aliphatic carbocycles. The highest BCUT2D eigenvalue weighted by Crippen LogP contribution is 2.24. The first-order chi connectivity index (χ1) is 8.74. The maximum absolute atomic E-state index is 11.6. The average molecular weight is 238 g/mol. The number of fused-ring (bicyclic) bond motifs is 1. The number of nitrogens with zero attached hydrogens (tertiary/aromatic N) is 1. The maximum Gasteiger partial charge on any atom is 0.296 e. The zero-order chi connectivity index (χ0) is 12.5. The van der Waals surface area contributed by atoms with Crippen LogP contribution in [0.5, 0.6) is 0 Å². The summed E-state index contributed by atoms with van der Waals surface area (Å²) in [5.41, 5.74) is 2.95. The van der Waals surface area contributed by atoms with Gasteiger partial charge < -0.3 is 5.32 Å². The molecule has 4 nitrogen and oxygen atoms in total. The molecule has 0 unspecified atom stereocenters. The minimum Gasteiger partial charge on any atom is -0.318 e. The van der Waals surface area contributed by atoms with E-state index in [9.17, 15) is 9.59 Å². The van der Waals surface area contributed by atoms with Crippen LogP contribution < -0.4 is 5.32 Å². The molecule has 0 fully saturated rings. The Labute approximate surface area is 104 Å². The molecular formula is C14H10N2O2. The molecule has 1 aliphatic heterocycles. The highest BCUT2D eigenvalue weighted by molar-refractivity contribution is 6.51. The van der Waals surface area contributed by atoms with E-state index >= 15 is 0 Å². The normalized spacial score (nSPS) is 13.3. The van der Waals surface area contributed by atoms with Crippen molar-refractivity contribution in [1.82, 2.24) is 4.98 Å². The SMILES string of the molecule is O=C1Nc2ccc(Cc3ccccn3)cc2C1=O. The second kappa shape index (κ2) is 4.07. The van der Waals surface area contributed by atoms with Crippen LogP contribution in [0, 0.1) is 0 Å². The third kappa shape index (κ3) is 1.78. The monoisotopic (exact) mass is 238 g/mol. The van der Waals surface area contributed by atoms with E-state index in [1.165, 1.54) is 0 Å². The fourth-order valence-corrected chi connectivity index (χ4v) is 2.01. The number of hydrogen-bond donors (Lipinski definition) is 1. The van der Waals surface area contributed by atoms with Crippen molar-refractivity contribution >= 4 is 17.4 Å². The number of carbonyl (C=O) groups is 2. The van der Waals surface area contributed by atoms with Gasteiger partial charge in [0.05, 0.1) is 11.3 Å². The van der Waals surface area contributed by atoms with Crippen molar-refractivity contribution in [2.45, 2.75) is 6.42 Å². The Bertz CT molecular complexity index is 635. The number of rotatable bonds is 2. The summed E-state index contributed by atoms with van der Waals surface area (Å²) < 4.78 is 0. The van der Waals surface area contributed by atoms with Crippen molar-refractivity contribution < 1.29 is 9.59 Å². The Hall–Kier alpha value is -2.49. The van der Waals surface area contributed by atoms with E-state index in [1.54, 1.807) is 18.3 Å². The highest BCUT2D eigenvalue weighted by Gasteiger charge is 2.27. The molecule has 1 aromatic carbocycles. The van der Waals surface area contributed by atoms with E-state index < -0.39 is 11.7 Å². The first kappa shape index (κ1) is 10.7. The summed E-state index contributed by atoms with van der Waals surface area (Å²) in [5.74, 6) is -1.02. The largest absolute Gasteiger partial charge is 0.318 e. The molecule has 18 heavy (non-hydrogen) atoms. The summed E-state index contributed by atoms with van der Waals surface area (Å²) in [5, 5.41) is 2.53. The molecule has 4 heteroatoms. The van der Waals surface area contributed by atoms with Crippen molar-refractivity contribution in [3.05, 3.63) is 59.4 Å². The third-order valence-corrected chi connectivity index (χ3v) is 2.89. The summed E-state index contributed by atoms with van der Waals surface area (Å²) in [6, 6.07) is 11.1. The Morgan fingerprint density at radius 1 is 1.11 bits per heavy atom. The number of carbonyl (C=O) groups excluding carboxylic acids is 2. The smallest absolute Gasteiger partial charge is 0.296 e. The highest BCUT2D eigenvalue weighted by atomic mass is 16.2. The van der Waals surface area contributed by atoms with E-state index in [1.807, 2.05) is 24.3 Å². The molecule has 1 amide bonds. The zero-order valence-corrected chi connectivity index (χ0v) is 9.51. The Kier molecular flexibility index (Phi) is 2.41. The van der Waals surface area contributed by atoms with E-state index in [0.29, 0.717) is 17.7 Å². The molecule has 2 aromatic rings. The number of amides is 1. The molecule has 0 atom stereocenters. The molecule has 0 spiro atoms. The molecule has 0 saturated heterocycles. The number of benzene rings is 1. The summed E-state index contributed by atoms with van der Waals surface area (Å²) in [4.78, 5) is 27.0. The minimum atomic E-state index is -0.556. The van der Waals surface area contributed by atoms with Gasteiger partial charge in [-0.3, -0.25) is 14.6 Å². The van der Waals surface area contributed by atoms with E-state index in [0.717, 1.165) is 11.3 Å². The molecule has 0 bridgehead atoms. The number of hydrogen-bond acceptors (Lipinski definition) is 3. The Balaban J connectivity index is 1.92. The van der Waals surface area contributed by atoms with Crippen LogP contribution in [0.2, 0.25) is 0 Å². The molecule has 88 valence electrons. The van der Waals surface area contributed by atoms with Crippen LogP contribution in [-0.2, 0) is 11.2 Å². The quantitative estimate of drug-likeness (QED) is 0.812. The number of ketones is 1. The summed E-state index contributed by atoms with van der Waals surface area (Å²) in [7, 11) is 0. The standard InChI is InChI=1S/C14H10N2O2/c17-13-11-8-9(4-5-12(11)16-14(13)18)7-10-3-1-2-6-15-10/h1-6,8H,7H2,(H,16,17,18). The summed E-state index contributed by atoms with van der Waals surface area (Å²) in [6.45, 7) is 0. The number of anilines is 1. The molecule has 1 N–H and O–H groups in total. The Morgan fingerprint density at radius 3 is 2.78 bits per heavy atom. The van der Waals surface area contributed by atoms with Crippen LogP contribution >= 0.6 is 0 Å². The van der Waals surface area contributed by atoms with Crippen LogP contribution in [-0.4, -0.2) is 16.7 Å². The van der Waals surface area contributed by atoms with Gasteiger partial charge in [0.25, 0.3) is 11.7 Å². The van der Waals surface area contributed by atoms with Crippen LogP contribution in [0.1, 0.15) is 21.6 Å². The number of aromatic nitrogens is 1. The first-order valence-corrected chi connectivity index (χ1v) is 5.62. The molecule has 3 rings (SSSR count). The summed E-state index contributed by atoms with van der Waals surface area (Å²) in [6.07, 6.45) is 2.38. The third-order valence-electron chi connectivity index (χ3n) is 2.89. The lowest BCUT2D eigenvalue weighted by Crippen LogP contribution is -2.12. The molecule has 1 aromatic heterocycles. The minimum absolute atomic E-state index is 0.452. The van der Waals surface area contributed by atoms with Gasteiger partial charge in [-0.2, -0.15) is 0 Å². The number of nitrogens with one attached hydrogen (secondary N) is 1. The lowest BCUT2D eigenvalue weighted by Gasteiger charge is -2.03. The van der Waals surface area contributed by atoms with Gasteiger partial charge in [0.15, 0.2) is 0 Å². The lowest BCUT2D eigenvalue weighted by molar-refractivity contribution is -0.112. The first-order valence-electron chi connectivity index (χ1n) is 5.62.